The lowest BCUT2D eigenvalue weighted by atomic mass is 10.1. The second-order valence-electron chi connectivity index (χ2n) is 4.35. The molecule has 0 aromatic heterocycles. The fourth-order valence-corrected chi connectivity index (χ4v) is 2.25. The first kappa shape index (κ1) is 15.5. The van der Waals surface area contributed by atoms with Gasteiger partial charge < -0.3 is 15.4 Å². The van der Waals surface area contributed by atoms with Gasteiger partial charge in [-0.25, -0.2) is 0 Å². The van der Waals surface area contributed by atoms with Gasteiger partial charge in [-0.15, -0.1) is 0 Å². The quantitative estimate of drug-likeness (QED) is 0.840. The van der Waals surface area contributed by atoms with E-state index in [4.69, 9.17) is 10.5 Å². The maximum absolute atomic E-state index is 5.84. The molecule has 0 aliphatic rings. The van der Waals surface area contributed by atoms with E-state index in [2.05, 4.69) is 34.7 Å². The van der Waals surface area contributed by atoms with Crippen LogP contribution in [0.15, 0.2) is 22.7 Å². The molecule has 4 heteroatoms. The van der Waals surface area contributed by atoms with E-state index >= 15 is 0 Å². The second kappa shape index (κ2) is 7.77. The summed E-state index contributed by atoms with van der Waals surface area (Å²) in [6.07, 6.45) is 0. The third-order valence-electron chi connectivity index (χ3n) is 3.04. The molecule has 0 spiro atoms. The molecule has 1 rings (SSSR count). The van der Waals surface area contributed by atoms with Gasteiger partial charge in [0.2, 0.25) is 0 Å². The smallest absolute Gasteiger partial charge is 0.133 e. The van der Waals surface area contributed by atoms with Crippen molar-refractivity contribution in [1.82, 2.24) is 4.90 Å². The van der Waals surface area contributed by atoms with Crippen molar-refractivity contribution in [3.63, 3.8) is 0 Å². The number of benzene rings is 1. The van der Waals surface area contributed by atoms with Gasteiger partial charge in [-0.05, 0) is 53.6 Å². The normalized spacial score (nSPS) is 12.8. The molecule has 0 amide bonds. The highest BCUT2D eigenvalue weighted by atomic mass is 79.9. The molecule has 102 valence electrons. The third-order valence-corrected chi connectivity index (χ3v) is 3.66. The van der Waals surface area contributed by atoms with Crippen LogP contribution in [-0.4, -0.2) is 31.1 Å². The van der Waals surface area contributed by atoms with Gasteiger partial charge in [0.15, 0.2) is 0 Å². The highest BCUT2D eigenvalue weighted by molar-refractivity contribution is 9.10. The minimum atomic E-state index is 0.0472. The fourth-order valence-electron chi connectivity index (χ4n) is 1.74. The Morgan fingerprint density at radius 1 is 1.33 bits per heavy atom. The van der Waals surface area contributed by atoms with Gasteiger partial charge in [-0.1, -0.05) is 19.9 Å². The Labute approximate surface area is 118 Å². The summed E-state index contributed by atoms with van der Waals surface area (Å²) in [5, 5.41) is 0. The van der Waals surface area contributed by atoms with Crippen LogP contribution in [0.5, 0.6) is 5.75 Å². The van der Waals surface area contributed by atoms with Gasteiger partial charge in [0.1, 0.15) is 12.4 Å². The van der Waals surface area contributed by atoms with Crippen molar-refractivity contribution in [2.24, 2.45) is 5.73 Å². The molecule has 2 N–H and O–H groups in total. The zero-order chi connectivity index (χ0) is 13.5. The summed E-state index contributed by atoms with van der Waals surface area (Å²) in [6.45, 7) is 10.1. The van der Waals surface area contributed by atoms with Crippen LogP contribution in [0, 0.1) is 0 Å². The van der Waals surface area contributed by atoms with E-state index in [0.717, 1.165) is 35.4 Å². The third kappa shape index (κ3) is 4.59. The molecular formula is C14H23BrN2O. The maximum Gasteiger partial charge on any atom is 0.133 e. The van der Waals surface area contributed by atoms with E-state index in [-0.39, 0.29) is 6.04 Å². The largest absolute Gasteiger partial charge is 0.491 e. The van der Waals surface area contributed by atoms with E-state index in [1.165, 1.54) is 0 Å². The molecule has 0 saturated heterocycles. The van der Waals surface area contributed by atoms with Gasteiger partial charge in [0.05, 0.1) is 4.47 Å². The molecule has 0 aliphatic heterocycles. The summed E-state index contributed by atoms with van der Waals surface area (Å²) < 4.78 is 6.75. The first-order valence-electron chi connectivity index (χ1n) is 6.48. The number of halogens is 1. The molecule has 1 aromatic carbocycles. The summed E-state index contributed by atoms with van der Waals surface area (Å²) in [6, 6.07) is 6.07. The van der Waals surface area contributed by atoms with Crippen LogP contribution in [0.3, 0.4) is 0 Å². The van der Waals surface area contributed by atoms with E-state index in [0.29, 0.717) is 6.61 Å². The first-order valence-corrected chi connectivity index (χ1v) is 7.28. The van der Waals surface area contributed by atoms with Crippen LogP contribution in [-0.2, 0) is 0 Å². The van der Waals surface area contributed by atoms with E-state index in [9.17, 15) is 0 Å². The Morgan fingerprint density at radius 2 is 2.00 bits per heavy atom. The zero-order valence-corrected chi connectivity index (χ0v) is 13.0. The summed E-state index contributed by atoms with van der Waals surface area (Å²) in [4.78, 5) is 2.34. The van der Waals surface area contributed by atoms with Crippen molar-refractivity contribution in [3.05, 3.63) is 28.2 Å². The molecule has 18 heavy (non-hydrogen) atoms. The first-order chi connectivity index (χ1) is 8.58. The fraction of sp³-hybridized carbons (Fsp3) is 0.571. The number of hydrogen-bond donors (Lipinski definition) is 1. The van der Waals surface area contributed by atoms with Crippen molar-refractivity contribution < 1.29 is 4.74 Å². The van der Waals surface area contributed by atoms with Crippen LogP contribution in [0.2, 0.25) is 0 Å². The Balaban J connectivity index is 2.53. The maximum atomic E-state index is 5.84. The number of likely N-dealkylation sites (N-methyl/N-ethyl adjacent to an activating group) is 1. The van der Waals surface area contributed by atoms with E-state index < -0.39 is 0 Å². The molecular weight excluding hydrogens is 292 g/mol. The van der Waals surface area contributed by atoms with Crippen LogP contribution < -0.4 is 10.5 Å². The zero-order valence-electron chi connectivity index (χ0n) is 11.4. The lowest BCUT2D eigenvalue weighted by Crippen LogP contribution is -2.27. The van der Waals surface area contributed by atoms with Gasteiger partial charge in [0, 0.05) is 12.6 Å². The number of rotatable bonds is 7. The summed E-state index contributed by atoms with van der Waals surface area (Å²) in [7, 11) is 0. The van der Waals surface area contributed by atoms with Crippen LogP contribution in [0.25, 0.3) is 0 Å². The molecule has 0 bridgehead atoms. The van der Waals surface area contributed by atoms with E-state index in [1.807, 2.05) is 25.1 Å². The number of nitrogens with two attached hydrogens (primary N) is 1. The lowest BCUT2D eigenvalue weighted by molar-refractivity contribution is 0.222. The Hall–Kier alpha value is -0.580. The Morgan fingerprint density at radius 3 is 2.50 bits per heavy atom. The Kier molecular flexibility index (Phi) is 6.68. The molecule has 3 nitrogen and oxygen atoms in total. The van der Waals surface area contributed by atoms with E-state index in [1.54, 1.807) is 0 Å². The average Bonchev–Trinajstić information content (AvgIpc) is 2.36. The molecule has 0 heterocycles. The van der Waals surface area contributed by atoms with Gasteiger partial charge >= 0.3 is 0 Å². The van der Waals surface area contributed by atoms with Crippen molar-refractivity contribution in [1.29, 1.82) is 0 Å². The summed E-state index contributed by atoms with van der Waals surface area (Å²) >= 11 is 3.52. The van der Waals surface area contributed by atoms with Crippen molar-refractivity contribution in [2.75, 3.05) is 26.2 Å². The molecule has 0 radical (unpaired) electrons. The minimum Gasteiger partial charge on any atom is -0.491 e. The van der Waals surface area contributed by atoms with Gasteiger partial charge in [0.25, 0.3) is 0 Å². The molecule has 0 saturated carbocycles. The summed E-state index contributed by atoms with van der Waals surface area (Å²) in [5.74, 6) is 0.881. The van der Waals surface area contributed by atoms with Crippen molar-refractivity contribution in [3.8, 4) is 5.75 Å². The average molecular weight is 315 g/mol. The molecule has 1 atom stereocenters. The van der Waals surface area contributed by atoms with Gasteiger partial charge in [-0.3, -0.25) is 0 Å². The number of nitrogens with zero attached hydrogens (tertiary/aromatic N) is 1. The van der Waals surface area contributed by atoms with Crippen LogP contribution >= 0.6 is 15.9 Å². The standard InChI is InChI=1S/C14H23BrN2O/c1-4-17(5-2)8-9-18-14-7-6-12(11(3)16)10-13(14)15/h6-7,10-11H,4-5,8-9,16H2,1-3H3/t11-/m0/s1. The van der Waals surface area contributed by atoms with Crippen molar-refractivity contribution in [2.45, 2.75) is 26.8 Å². The Bertz CT molecular complexity index is 365. The minimum absolute atomic E-state index is 0.0472. The predicted octanol–water partition coefficient (Wildman–Crippen LogP) is 3.19. The van der Waals surface area contributed by atoms with Crippen molar-refractivity contribution >= 4 is 15.9 Å². The number of ether oxygens (including phenoxy) is 1. The monoisotopic (exact) mass is 314 g/mol. The number of hydrogen-bond acceptors (Lipinski definition) is 3. The molecule has 0 unspecified atom stereocenters. The highest BCUT2D eigenvalue weighted by Gasteiger charge is 2.06. The molecule has 0 fully saturated rings. The topological polar surface area (TPSA) is 38.5 Å². The molecule has 0 aliphatic carbocycles. The predicted molar refractivity (Wildman–Crippen MR) is 80.0 cm³/mol. The lowest BCUT2D eigenvalue weighted by Gasteiger charge is -2.18. The summed E-state index contributed by atoms with van der Waals surface area (Å²) in [5.41, 5.74) is 6.95. The molecule has 1 aromatic rings. The SMILES string of the molecule is CCN(CC)CCOc1ccc([C@H](C)N)cc1Br. The van der Waals surface area contributed by atoms with Crippen LogP contribution in [0.1, 0.15) is 32.4 Å². The van der Waals surface area contributed by atoms with Crippen LogP contribution in [0.4, 0.5) is 0 Å². The second-order valence-corrected chi connectivity index (χ2v) is 5.21. The van der Waals surface area contributed by atoms with Gasteiger partial charge in [-0.2, -0.15) is 0 Å². The highest BCUT2D eigenvalue weighted by Crippen LogP contribution is 2.27.